The molecule has 4 rings (SSSR count). The Kier molecular flexibility index (Phi) is 5.99. The molecule has 2 atom stereocenters. The van der Waals surface area contributed by atoms with Gasteiger partial charge in [-0.1, -0.05) is 17.7 Å². The fraction of sp³-hybridized carbons (Fsp3) is 0.350. The van der Waals surface area contributed by atoms with Crippen LogP contribution < -0.4 is 21.9 Å². The Morgan fingerprint density at radius 1 is 1.48 bits per heavy atom. The number of aromatic nitrogens is 4. The molecule has 1 aliphatic heterocycles. The molecule has 0 amide bonds. The Labute approximate surface area is 183 Å². The first-order valence-corrected chi connectivity index (χ1v) is 10.2. The maximum Gasteiger partial charge on any atom is 0.263 e. The molecule has 1 aliphatic rings. The Hall–Kier alpha value is -3.26. The highest BCUT2D eigenvalue weighted by molar-refractivity contribution is 6.35. The van der Waals surface area contributed by atoms with Gasteiger partial charge in [-0.15, -0.1) is 0 Å². The second-order valence-electron chi connectivity index (χ2n) is 7.18. The fourth-order valence-corrected chi connectivity index (χ4v) is 3.83. The summed E-state index contributed by atoms with van der Waals surface area (Å²) in [5.41, 5.74) is 6.16. The van der Waals surface area contributed by atoms with Gasteiger partial charge in [0.15, 0.2) is 0 Å². The monoisotopic (exact) mass is 440 g/mol. The molecular formula is C20H21ClN8O2. The highest BCUT2D eigenvalue weighted by atomic mass is 35.5. The molecular weight excluding hydrogens is 420 g/mol. The lowest BCUT2D eigenvalue weighted by molar-refractivity contribution is 0.0169. The van der Waals surface area contributed by atoms with E-state index in [1.807, 2.05) is 13.0 Å². The molecule has 10 nitrogen and oxygen atoms in total. The summed E-state index contributed by atoms with van der Waals surface area (Å²) in [6.45, 7) is 4.09. The number of ether oxygens (including phenoxy) is 1. The number of hydrogen-bond donors (Lipinski definition) is 3. The average molecular weight is 441 g/mol. The molecule has 0 bridgehead atoms. The van der Waals surface area contributed by atoms with Gasteiger partial charge in [0, 0.05) is 13.1 Å². The summed E-state index contributed by atoms with van der Waals surface area (Å²) in [6, 6.07) is 6.68. The topological polar surface area (TPSA) is 144 Å². The van der Waals surface area contributed by atoms with E-state index in [1.165, 1.54) is 6.33 Å². The van der Waals surface area contributed by atoms with E-state index in [4.69, 9.17) is 27.1 Å². The Bertz CT molecular complexity index is 1220. The number of nitrogens with two attached hydrogens (primary N) is 1. The average Bonchev–Trinajstić information content (AvgIpc) is 2.76. The first-order valence-electron chi connectivity index (χ1n) is 9.78. The third kappa shape index (κ3) is 4.16. The van der Waals surface area contributed by atoms with Gasteiger partial charge in [-0.3, -0.25) is 9.36 Å². The molecule has 3 aromatic rings. The first-order chi connectivity index (χ1) is 15.0. The van der Waals surface area contributed by atoms with Crippen LogP contribution in [0.4, 0.5) is 11.6 Å². The van der Waals surface area contributed by atoms with Gasteiger partial charge in [-0.25, -0.2) is 15.0 Å². The van der Waals surface area contributed by atoms with E-state index in [2.05, 4.69) is 20.6 Å². The van der Waals surface area contributed by atoms with Gasteiger partial charge in [0.25, 0.3) is 5.56 Å². The molecule has 1 fully saturated rings. The maximum absolute atomic E-state index is 13.4. The number of fused-ring (bicyclic) bond motifs is 1. The third-order valence-corrected chi connectivity index (χ3v) is 5.40. The summed E-state index contributed by atoms with van der Waals surface area (Å²) >= 11 is 6.32. The minimum Gasteiger partial charge on any atom is -0.382 e. The van der Waals surface area contributed by atoms with E-state index in [-0.39, 0.29) is 28.9 Å². The van der Waals surface area contributed by atoms with E-state index in [9.17, 15) is 10.1 Å². The van der Waals surface area contributed by atoms with Gasteiger partial charge < -0.3 is 21.1 Å². The van der Waals surface area contributed by atoms with E-state index >= 15 is 0 Å². The summed E-state index contributed by atoms with van der Waals surface area (Å²) in [5, 5.41) is 16.5. The molecule has 31 heavy (non-hydrogen) atoms. The molecule has 11 heteroatoms. The van der Waals surface area contributed by atoms with E-state index in [1.54, 1.807) is 22.8 Å². The number of nitrogen functional groups attached to an aromatic ring is 1. The van der Waals surface area contributed by atoms with E-state index < -0.39 is 6.04 Å². The number of anilines is 2. The summed E-state index contributed by atoms with van der Waals surface area (Å²) in [5.74, 6) is 0.810. The van der Waals surface area contributed by atoms with Crippen molar-refractivity contribution < 1.29 is 4.74 Å². The van der Waals surface area contributed by atoms with E-state index in [0.29, 0.717) is 41.4 Å². The van der Waals surface area contributed by atoms with Crippen molar-refractivity contribution in [1.82, 2.24) is 24.8 Å². The van der Waals surface area contributed by atoms with Crippen molar-refractivity contribution >= 4 is 34.1 Å². The van der Waals surface area contributed by atoms with Crippen molar-refractivity contribution in [3.05, 3.63) is 51.3 Å². The van der Waals surface area contributed by atoms with Crippen LogP contribution in [0.3, 0.4) is 0 Å². The number of nitrogens with zero attached hydrogens (tertiary/aromatic N) is 5. The lowest BCUT2D eigenvalue weighted by atomic mass is 10.2. The Morgan fingerprint density at radius 2 is 2.32 bits per heavy atom. The van der Waals surface area contributed by atoms with Crippen LogP contribution in [-0.2, 0) is 11.3 Å². The van der Waals surface area contributed by atoms with Crippen LogP contribution in [0.2, 0.25) is 5.02 Å². The minimum absolute atomic E-state index is 0.0736. The number of hydrogen-bond acceptors (Lipinski definition) is 9. The number of morpholine rings is 1. The van der Waals surface area contributed by atoms with Crippen LogP contribution in [-0.4, -0.2) is 45.3 Å². The quantitative estimate of drug-likeness (QED) is 0.536. The van der Waals surface area contributed by atoms with Gasteiger partial charge >= 0.3 is 0 Å². The van der Waals surface area contributed by atoms with Crippen LogP contribution in [0.1, 0.15) is 24.4 Å². The summed E-state index contributed by atoms with van der Waals surface area (Å²) in [4.78, 5) is 26.1. The number of nitriles is 1. The molecule has 1 unspecified atom stereocenters. The number of halogens is 1. The van der Waals surface area contributed by atoms with Crippen molar-refractivity contribution in [2.45, 2.75) is 25.6 Å². The second kappa shape index (κ2) is 8.85. The molecule has 0 aliphatic carbocycles. The minimum atomic E-state index is -0.478. The molecule has 2 aromatic heterocycles. The Balaban J connectivity index is 1.80. The molecule has 0 saturated carbocycles. The third-order valence-electron chi connectivity index (χ3n) is 5.08. The number of benzene rings is 1. The van der Waals surface area contributed by atoms with Gasteiger partial charge in [-0.05, 0) is 19.1 Å². The lowest BCUT2D eigenvalue weighted by Gasteiger charge is -2.27. The van der Waals surface area contributed by atoms with Crippen molar-refractivity contribution in [3.63, 3.8) is 0 Å². The van der Waals surface area contributed by atoms with Crippen molar-refractivity contribution in [2.75, 3.05) is 30.7 Å². The zero-order valence-electron chi connectivity index (χ0n) is 16.8. The van der Waals surface area contributed by atoms with Gasteiger partial charge in [-0.2, -0.15) is 5.26 Å². The highest BCUT2D eigenvalue weighted by Crippen LogP contribution is 2.24. The van der Waals surface area contributed by atoms with Crippen molar-refractivity contribution in [1.29, 1.82) is 5.26 Å². The van der Waals surface area contributed by atoms with Crippen LogP contribution in [0.15, 0.2) is 29.3 Å². The number of rotatable bonds is 5. The van der Waals surface area contributed by atoms with Gasteiger partial charge in [0.1, 0.15) is 35.4 Å². The molecule has 0 spiro atoms. The SMILES string of the molecule is C[C@H](Nc1ncnc(N)c1C#N)c1nc2cccc(Cl)c2c(=O)n1CC1CNCCO1. The Morgan fingerprint density at radius 3 is 3.06 bits per heavy atom. The highest BCUT2D eigenvalue weighted by Gasteiger charge is 2.23. The van der Waals surface area contributed by atoms with Crippen LogP contribution in [0.5, 0.6) is 0 Å². The molecule has 160 valence electrons. The van der Waals surface area contributed by atoms with Crippen molar-refractivity contribution in [3.8, 4) is 6.07 Å². The standard InChI is InChI=1S/C20H21ClN8O2/c1-11(27-18-13(7-22)17(23)25-10-26-18)19-28-15-4-2-3-14(21)16(15)20(30)29(19)9-12-8-24-5-6-31-12/h2-4,10-12,24H,5-6,8-9H2,1H3,(H3,23,25,26,27)/t11-,12?/m0/s1. The normalized spacial score (nSPS) is 17.3. The van der Waals surface area contributed by atoms with E-state index in [0.717, 1.165) is 6.54 Å². The predicted octanol–water partition coefficient (Wildman–Crippen LogP) is 1.46. The second-order valence-corrected chi connectivity index (χ2v) is 7.58. The molecule has 1 aromatic carbocycles. The molecule has 0 radical (unpaired) electrons. The first kappa shape index (κ1) is 21.0. The number of nitrogens with one attached hydrogen (secondary N) is 2. The fourth-order valence-electron chi connectivity index (χ4n) is 3.58. The molecule has 3 heterocycles. The van der Waals surface area contributed by atoms with Crippen LogP contribution in [0.25, 0.3) is 10.9 Å². The van der Waals surface area contributed by atoms with Crippen LogP contribution in [0, 0.1) is 11.3 Å². The predicted molar refractivity (Wildman–Crippen MR) is 117 cm³/mol. The maximum atomic E-state index is 13.4. The lowest BCUT2D eigenvalue weighted by Crippen LogP contribution is -2.43. The zero-order valence-corrected chi connectivity index (χ0v) is 17.6. The zero-order chi connectivity index (χ0) is 22.0. The summed E-state index contributed by atoms with van der Waals surface area (Å²) in [6.07, 6.45) is 1.08. The summed E-state index contributed by atoms with van der Waals surface area (Å²) in [7, 11) is 0. The largest absolute Gasteiger partial charge is 0.382 e. The summed E-state index contributed by atoms with van der Waals surface area (Å²) < 4.78 is 7.37. The molecule has 4 N–H and O–H groups in total. The van der Waals surface area contributed by atoms with Crippen molar-refractivity contribution in [2.24, 2.45) is 0 Å². The van der Waals surface area contributed by atoms with Gasteiger partial charge in [0.05, 0.1) is 41.2 Å². The van der Waals surface area contributed by atoms with Crippen LogP contribution >= 0.6 is 11.6 Å². The molecule has 1 saturated heterocycles. The smallest absolute Gasteiger partial charge is 0.263 e. The van der Waals surface area contributed by atoms with Gasteiger partial charge in [0.2, 0.25) is 0 Å².